The Labute approximate surface area is 260 Å². The number of Topliss-reactive ketones (excluding diaryl/α,β-unsaturated/α-hetero) is 1. The summed E-state index contributed by atoms with van der Waals surface area (Å²) < 4.78 is 33.2. The molecule has 232 valence electrons. The molecule has 2 aliphatic heterocycles. The molecule has 0 saturated carbocycles. The zero-order valence-electron chi connectivity index (χ0n) is 25.8. The predicted molar refractivity (Wildman–Crippen MR) is 170 cm³/mol. The summed E-state index contributed by atoms with van der Waals surface area (Å²) in [6, 6.07) is 10.8. The van der Waals surface area contributed by atoms with Crippen molar-refractivity contribution in [1.29, 1.82) is 0 Å². The third-order valence-electron chi connectivity index (χ3n) is 8.91. The van der Waals surface area contributed by atoms with Crippen LogP contribution in [0.3, 0.4) is 0 Å². The minimum absolute atomic E-state index is 0.0142. The Morgan fingerprint density at radius 2 is 1.71 bits per heavy atom. The quantitative estimate of drug-likeness (QED) is 0.284. The number of piperazine rings is 1. The van der Waals surface area contributed by atoms with Gasteiger partial charge in [-0.3, -0.25) is 9.59 Å². The summed E-state index contributed by atoms with van der Waals surface area (Å²) in [6.45, 7) is 12.1. The third-order valence-corrected chi connectivity index (χ3v) is 8.91. The van der Waals surface area contributed by atoms with Gasteiger partial charge in [0, 0.05) is 43.6 Å². The summed E-state index contributed by atoms with van der Waals surface area (Å²) in [5.74, 6) is -1.61. The molecular formula is C35H35F2N5O3. The Bertz CT molecular complexity index is 1940. The highest BCUT2D eigenvalue weighted by molar-refractivity contribution is 5.92. The summed E-state index contributed by atoms with van der Waals surface area (Å²) in [6.07, 6.45) is 1.69. The molecule has 2 aromatic heterocycles. The molecule has 2 bridgehead atoms. The van der Waals surface area contributed by atoms with Crippen LogP contribution in [0, 0.1) is 11.6 Å². The van der Waals surface area contributed by atoms with Gasteiger partial charge in [-0.15, -0.1) is 0 Å². The maximum Gasteiger partial charge on any atom is 0.355 e. The molecule has 6 rings (SSSR count). The highest BCUT2D eigenvalue weighted by atomic mass is 19.1. The molecule has 10 heteroatoms. The zero-order valence-corrected chi connectivity index (χ0v) is 25.8. The number of amides is 1. The normalized spacial score (nSPS) is 18.4. The van der Waals surface area contributed by atoms with Crippen molar-refractivity contribution in [3.05, 3.63) is 93.9 Å². The van der Waals surface area contributed by atoms with E-state index in [-0.39, 0.29) is 70.6 Å². The molecule has 0 N–H and O–H groups in total. The molecule has 4 heterocycles. The lowest BCUT2D eigenvalue weighted by Gasteiger charge is -2.44. The molecule has 8 nitrogen and oxygen atoms in total. The van der Waals surface area contributed by atoms with Gasteiger partial charge in [0.15, 0.2) is 5.65 Å². The molecule has 45 heavy (non-hydrogen) atoms. The molecule has 2 aliphatic rings. The van der Waals surface area contributed by atoms with E-state index in [9.17, 15) is 14.4 Å². The summed E-state index contributed by atoms with van der Waals surface area (Å²) in [4.78, 5) is 52.8. The number of rotatable bonds is 3. The van der Waals surface area contributed by atoms with E-state index < -0.39 is 17.3 Å². The Morgan fingerprint density at radius 3 is 2.44 bits per heavy atom. The SMILES string of the molecule is C=CC(=O)N1C[C@H](C)N(c2nc(=O)n3c4nc(c(F)cc24)-c2c(F)cccc2CC(=O)CCc2cccc(C(C)C)c2-3)C[C@H]1C. The Morgan fingerprint density at radius 1 is 0.978 bits per heavy atom. The molecule has 1 saturated heterocycles. The van der Waals surface area contributed by atoms with E-state index in [1.54, 1.807) is 11.0 Å². The summed E-state index contributed by atoms with van der Waals surface area (Å²) in [5, 5.41) is 0.286. The van der Waals surface area contributed by atoms with Crippen LogP contribution in [0.15, 0.2) is 59.9 Å². The molecule has 4 aromatic rings. The summed E-state index contributed by atoms with van der Waals surface area (Å²) in [7, 11) is 0. The van der Waals surface area contributed by atoms with Crippen molar-refractivity contribution in [2.45, 2.75) is 65.0 Å². The standard InChI is InChI=1S/C35H35F2N5O3/c1-6-29(44)40-17-21(5)41(18-20(40)4)33-26-16-28(37)31-30-23(10-8-12-27(30)36)15-24(43)14-13-22-9-7-11-25(19(2)3)32(22)42(34(26)38-31)35(45)39-33/h6-12,16,19-21H,1,13-15,17-18H2,2-5H3/t20-,21+/m1/s1. The van der Waals surface area contributed by atoms with Gasteiger partial charge in [-0.1, -0.05) is 50.8 Å². The molecule has 0 unspecified atom stereocenters. The first-order valence-electron chi connectivity index (χ1n) is 15.2. The number of nitrogens with zero attached hydrogens (tertiary/aromatic N) is 5. The predicted octanol–water partition coefficient (Wildman–Crippen LogP) is 5.52. The fourth-order valence-corrected chi connectivity index (χ4v) is 6.66. The van der Waals surface area contributed by atoms with Crippen molar-refractivity contribution in [2.75, 3.05) is 18.0 Å². The molecular weight excluding hydrogens is 576 g/mol. The minimum Gasteiger partial charge on any atom is -0.349 e. The van der Waals surface area contributed by atoms with Crippen molar-refractivity contribution < 1.29 is 18.4 Å². The minimum atomic E-state index is -0.801. The van der Waals surface area contributed by atoms with E-state index in [4.69, 9.17) is 4.98 Å². The first-order chi connectivity index (χ1) is 21.5. The van der Waals surface area contributed by atoms with Crippen molar-refractivity contribution in [2.24, 2.45) is 0 Å². The van der Waals surface area contributed by atoms with Crippen LogP contribution in [0.2, 0.25) is 0 Å². The number of hydrogen-bond donors (Lipinski definition) is 0. The van der Waals surface area contributed by atoms with Gasteiger partial charge in [-0.05, 0) is 61.1 Å². The van der Waals surface area contributed by atoms with E-state index in [0.29, 0.717) is 30.8 Å². The largest absolute Gasteiger partial charge is 0.355 e. The van der Waals surface area contributed by atoms with Gasteiger partial charge < -0.3 is 9.80 Å². The van der Waals surface area contributed by atoms with Crippen LogP contribution in [0.4, 0.5) is 14.6 Å². The first-order valence-corrected chi connectivity index (χ1v) is 15.2. The van der Waals surface area contributed by atoms with Gasteiger partial charge in [0.05, 0.1) is 11.1 Å². The number of benzene rings is 2. The number of aromatic nitrogens is 3. The van der Waals surface area contributed by atoms with Gasteiger partial charge in [-0.2, -0.15) is 4.98 Å². The molecule has 2 atom stereocenters. The Hall–Kier alpha value is -4.73. The number of aryl methyl sites for hydroxylation is 1. The number of para-hydroxylation sites is 1. The second-order valence-electron chi connectivity index (χ2n) is 12.3. The van der Waals surface area contributed by atoms with Crippen LogP contribution in [0.1, 0.15) is 56.7 Å². The highest BCUT2D eigenvalue weighted by Gasteiger charge is 2.34. The molecule has 1 amide bonds. The van der Waals surface area contributed by atoms with Gasteiger partial charge in [-0.25, -0.2) is 23.1 Å². The number of fused-ring (bicyclic) bond motifs is 5. The number of hydrogen-bond acceptors (Lipinski definition) is 6. The van der Waals surface area contributed by atoms with Crippen LogP contribution in [0.5, 0.6) is 0 Å². The molecule has 0 radical (unpaired) electrons. The summed E-state index contributed by atoms with van der Waals surface area (Å²) in [5.41, 5.74) is 1.62. The summed E-state index contributed by atoms with van der Waals surface area (Å²) >= 11 is 0. The van der Waals surface area contributed by atoms with Gasteiger partial charge in [0.25, 0.3) is 0 Å². The number of carbonyl (C=O) groups excluding carboxylic acids is 2. The topological polar surface area (TPSA) is 88.4 Å². The first kappa shape index (κ1) is 30.3. The molecule has 1 fully saturated rings. The number of pyridine rings is 1. The van der Waals surface area contributed by atoms with Gasteiger partial charge in [0.1, 0.15) is 28.9 Å². The second-order valence-corrected chi connectivity index (χ2v) is 12.3. The average Bonchev–Trinajstić information content (AvgIpc) is 3.00. The number of anilines is 1. The van der Waals surface area contributed by atoms with Crippen molar-refractivity contribution in [3.63, 3.8) is 0 Å². The molecule has 0 aliphatic carbocycles. The Balaban J connectivity index is 1.70. The number of ketones is 1. The number of carbonyl (C=O) groups is 2. The lowest BCUT2D eigenvalue weighted by atomic mass is 9.92. The zero-order chi connectivity index (χ0) is 32.2. The van der Waals surface area contributed by atoms with E-state index in [0.717, 1.165) is 11.1 Å². The van der Waals surface area contributed by atoms with Crippen LogP contribution in [0.25, 0.3) is 28.0 Å². The molecule has 0 spiro atoms. The smallest absolute Gasteiger partial charge is 0.349 e. The maximum atomic E-state index is 16.3. The van der Waals surface area contributed by atoms with Crippen molar-refractivity contribution in [1.82, 2.24) is 19.4 Å². The van der Waals surface area contributed by atoms with Crippen LogP contribution >= 0.6 is 0 Å². The van der Waals surface area contributed by atoms with E-state index in [1.807, 2.05) is 50.8 Å². The monoisotopic (exact) mass is 611 g/mol. The van der Waals surface area contributed by atoms with Gasteiger partial charge in [0.2, 0.25) is 5.91 Å². The Kier molecular flexibility index (Phi) is 7.84. The maximum absolute atomic E-state index is 16.3. The van der Waals surface area contributed by atoms with E-state index in [2.05, 4.69) is 11.6 Å². The van der Waals surface area contributed by atoms with Crippen LogP contribution in [-0.2, 0) is 22.4 Å². The fraction of sp³-hybridized carbons (Fsp3) is 0.343. The van der Waals surface area contributed by atoms with Gasteiger partial charge >= 0.3 is 5.69 Å². The van der Waals surface area contributed by atoms with E-state index >= 15 is 8.78 Å². The van der Waals surface area contributed by atoms with Crippen LogP contribution in [-0.4, -0.2) is 56.3 Å². The average molecular weight is 612 g/mol. The van der Waals surface area contributed by atoms with Crippen molar-refractivity contribution >= 4 is 28.5 Å². The lowest BCUT2D eigenvalue weighted by Crippen LogP contribution is -2.58. The lowest BCUT2D eigenvalue weighted by molar-refractivity contribution is -0.128. The second kappa shape index (κ2) is 11.6. The van der Waals surface area contributed by atoms with E-state index in [1.165, 1.54) is 28.8 Å². The number of halogens is 2. The van der Waals surface area contributed by atoms with Crippen LogP contribution < -0.4 is 10.6 Å². The molecule has 2 aromatic carbocycles. The fourth-order valence-electron chi connectivity index (χ4n) is 6.66. The van der Waals surface area contributed by atoms with Crippen molar-refractivity contribution in [3.8, 4) is 16.9 Å². The highest BCUT2D eigenvalue weighted by Crippen LogP contribution is 2.37. The third kappa shape index (κ3) is 5.22.